The van der Waals surface area contributed by atoms with Crippen LogP contribution in [0.3, 0.4) is 0 Å². The van der Waals surface area contributed by atoms with Crippen molar-refractivity contribution in [3.8, 4) is 0 Å². The monoisotopic (exact) mass is 248 g/mol. The highest BCUT2D eigenvalue weighted by molar-refractivity contribution is 5.77. The Morgan fingerprint density at radius 1 is 1.39 bits per heavy atom. The van der Waals surface area contributed by atoms with Crippen LogP contribution in [0.1, 0.15) is 18.9 Å². The van der Waals surface area contributed by atoms with Crippen molar-refractivity contribution in [3.05, 3.63) is 46.0 Å². The Kier molecular flexibility index (Phi) is 3.60. The molecule has 0 unspecified atom stereocenters. The maximum atomic E-state index is 11.9. The number of benzene rings is 1. The minimum atomic E-state index is -0.647. The van der Waals surface area contributed by atoms with Crippen molar-refractivity contribution in [1.82, 2.24) is 4.90 Å². The standard InChI is InChI=1S/C13H16N2O3/c1-10-7-13(16)14(9-12(10)15(17)18)8-11-5-3-2-4-6-11/h2-6,10,12H,7-9H2,1H3/t10-,12-/m0/s1. The van der Waals surface area contributed by atoms with E-state index < -0.39 is 6.04 Å². The molecule has 1 heterocycles. The number of likely N-dealkylation sites (tertiary alicyclic amines) is 1. The van der Waals surface area contributed by atoms with Gasteiger partial charge in [0.15, 0.2) is 0 Å². The van der Waals surface area contributed by atoms with E-state index in [2.05, 4.69) is 0 Å². The molecule has 0 aliphatic carbocycles. The van der Waals surface area contributed by atoms with Gasteiger partial charge in [0.25, 0.3) is 0 Å². The Balaban J connectivity index is 2.08. The topological polar surface area (TPSA) is 63.5 Å². The fraction of sp³-hybridized carbons (Fsp3) is 0.462. The van der Waals surface area contributed by atoms with Gasteiger partial charge in [-0.05, 0) is 5.56 Å². The Labute approximate surface area is 106 Å². The Bertz CT molecular complexity index is 447. The lowest BCUT2D eigenvalue weighted by atomic mass is 9.93. The summed E-state index contributed by atoms with van der Waals surface area (Å²) in [6.07, 6.45) is 0.262. The van der Waals surface area contributed by atoms with Crippen LogP contribution in [0.5, 0.6) is 0 Å². The van der Waals surface area contributed by atoms with Gasteiger partial charge in [-0.1, -0.05) is 37.3 Å². The van der Waals surface area contributed by atoms with Gasteiger partial charge in [0.2, 0.25) is 11.9 Å². The van der Waals surface area contributed by atoms with Crippen LogP contribution in [0, 0.1) is 16.0 Å². The molecule has 2 rings (SSSR count). The molecule has 1 fully saturated rings. The van der Waals surface area contributed by atoms with Crippen molar-refractivity contribution < 1.29 is 9.72 Å². The summed E-state index contributed by atoms with van der Waals surface area (Å²) in [6.45, 7) is 2.43. The second-order valence-electron chi connectivity index (χ2n) is 4.79. The Hall–Kier alpha value is -1.91. The molecule has 0 aromatic heterocycles. The van der Waals surface area contributed by atoms with Gasteiger partial charge in [0.05, 0.1) is 6.54 Å². The minimum Gasteiger partial charge on any atom is -0.331 e. The van der Waals surface area contributed by atoms with E-state index in [1.165, 1.54) is 0 Å². The van der Waals surface area contributed by atoms with Crippen LogP contribution in [0.4, 0.5) is 0 Å². The van der Waals surface area contributed by atoms with Gasteiger partial charge in [-0.3, -0.25) is 14.9 Å². The number of hydrogen-bond acceptors (Lipinski definition) is 3. The second kappa shape index (κ2) is 5.16. The normalized spacial score (nSPS) is 24.1. The van der Waals surface area contributed by atoms with E-state index in [4.69, 9.17) is 0 Å². The molecule has 1 aromatic rings. The van der Waals surface area contributed by atoms with E-state index in [9.17, 15) is 14.9 Å². The van der Waals surface area contributed by atoms with Crippen LogP contribution in [-0.4, -0.2) is 28.3 Å². The summed E-state index contributed by atoms with van der Waals surface area (Å²) in [6, 6.07) is 8.91. The van der Waals surface area contributed by atoms with Gasteiger partial charge >= 0.3 is 0 Å². The first-order valence-electron chi connectivity index (χ1n) is 6.03. The number of amides is 1. The summed E-state index contributed by atoms with van der Waals surface area (Å²) in [7, 11) is 0. The van der Waals surface area contributed by atoms with E-state index >= 15 is 0 Å². The fourth-order valence-corrected chi connectivity index (χ4v) is 2.28. The molecule has 5 nitrogen and oxygen atoms in total. The summed E-state index contributed by atoms with van der Waals surface area (Å²) in [5.41, 5.74) is 1.00. The van der Waals surface area contributed by atoms with Crippen LogP contribution in [0.25, 0.3) is 0 Å². The van der Waals surface area contributed by atoms with E-state index in [-0.39, 0.29) is 29.7 Å². The maximum Gasteiger partial charge on any atom is 0.233 e. The smallest absolute Gasteiger partial charge is 0.233 e. The van der Waals surface area contributed by atoms with E-state index in [1.54, 1.807) is 11.8 Å². The highest BCUT2D eigenvalue weighted by Crippen LogP contribution is 2.22. The molecular formula is C13H16N2O3. The first-order valence-corrected chi connectivity index (χ1v) is 6.03. The zero-order valence-electron chi connectivity index (χ0n) is 10.3. The molecule has 1 amide bonds. The first-order chi connectivity index (χ1) is 8.58. The molecule has 0 spiro atoms. The molecule has 1 saturated heterocycles. The third kappa shape index (κ3) is 2.67. The quantitative estimate of drug-likeness (QED) is 0.604. The van der Waals surface area contributed by atoms with Gasteiger partial charge in [0, 0.05) is 23.8 Å². The second-order valence-corrected chi connectivity index (χ2v) is 4.79. The third-order valence-corrected chi connectivity index (χ3v) is 3.40. The first kappa shape index (κ1) is 12.5. The fourth-order valence-electron chi connectivity index (χ4n) is 2.28. The molecule has 2 atom stereocenters. The predicted molar refractivity (Wildman–Crippen MR) is 66.4 cm³/mol. The molecule has 0 N–H and O–H groups in total. The average molecular weight is 248 g/mol. The molecule has 0 saturated carbocycles. The van der Waals surface area contributed by atoms with Crippen LogP contribution in [0.2, 0.25) is 0 Å². The summed E-state index contributed by atoms with van der Waals surface area (Å²) in [5.74, 6) is -0.177. The highest BCUT2D eigenvalue weighted by atomic mass is 16.6. The zero-order valence-corrected chi connectivity index (χ0v) is 10.3. The van der Waals surface area contributed by atoms with Crippen molar-refractivity contribution in [3.63, 3.8) is 0 Å². The number of hydrogen-bond donors (Lipinski definition) is 0. The highest BCUT2D eigenvalue weighted by Gasteiger charge is 2.38. The number of rotatable bonds is 3. The number of nitro groups is 1. The summed E-state index contributed by atoms with van der Waals surface area (Å²) in [5, 5.41) is 10.9. The molecule has 1 aliphatic rings. The van der Waals surface area contributed by atoms with Crippen LogP contribution in [0.15, 0.2) is 30.3 Å². The van der Waals surface area contributed by atoms with Crippen LogP contribution >= 0.6 is 0 Å². The lowest BCUT2D eigenvalue weighted by molar-refractivity contribution is -0.533. The third-order valence-electron chi connectivity index (χ3n) is 3.40. The molecule has 96 valence electrons. The molecule has 18 heavy (non-hydrogen) atoms. The van der Waals surface area contributed by atoms with Gasteiger partial charge in [0.1, 0.15) is 0 Å². The average Bonchev–Trinajstić information content (AvgIpc) is 2.33. The van der Waals surface area contributed by atoms with Crippen molar-refractivity contribution in [2.75, 3.05) is 6.54 Å². The van der Waals surface area contributed by atoms with E-state index in [1.807, 2.05) is 30.3 Å². The van der Waals surface area contributed by atoms with Gasteiger partial charge in [-0.25, -0.2) is 0 Å². The number of piperidine rings is 1. The summed E-state index contributed by atoms with van der Waals surface area (Å²) < 4.78 is 0. The molecule has 5 heteroatoms. The summed E-state index contributed by atoms with van der Waals surface area (Å²) in [4.78, 5) is 24.1. The zero-order chi connectivity index (χ0) is 13.1. The van der Waals surface area contributed by atoms with E-state index in [0.29, 0.717) is 6.54 Å². The largest absolute Gasteiger partial charge is 0.331 e. The molecule has 1 aliphatic heterocycles. The van der Waals surface area contributed by atoms with Crippen molar-refractivity contribution >= 4 is 5.91 Å². The number of nitrogens with zero attached hydrogens (tertiary/aromatic N) is 2. The van der Waals surface area contributed by atoms with Crippen LogP contribution in [-0.2, 0) is 11.3 Å². The number of carbonyl (C=O) groups excluding carboxylic acids is 1. The SMILES string of the molecule is C[C@H]1CC(=O)N(Cc2ccccc2)C[C@@H]1[N+](=O)[O-]. The lowest BCUT2D eigenvalue weighted by Gasteiger charge is -2.32. The molecule has 1 aromatic carbocycles. The predicted octanol–water partition coefficient (Wildman–Crippen LogP) is 1.70. The van der Waals surface area contributed by atoms with Gasteiger partial charge in [-0.2, -0.15) is 0 Å². The molecular weight excluding hydrogens is 232 g/mol. The van der Waals surface area contributed by atoms with Crippen molar-refractivity contribution in [2.24, 2.45) is 5.92 Å². The number of carbonyl (C=O) groups is 1. The Morgan fingerprint density at radius 3 is 2.67 bits per heavy atom. The van der Waals surface area contributed by atoms with Crippen LogP contribution < -0.4 is 0 Å². The molecule has 0 radical (unpaired) electrons. The van der Waals surface area contributed by atoms with Gasteiger partial charge < -0.3 is 4.90 Å². The van der Waals surface area contributed by atoms with Gasteiger partial charge in [-0.15, -0.1) is 0 Å². The molecule has 0 bridgehead atoms. The Morgan fingerprint density at radius 2 is 2.06 bits per heavy atom. The lowest BCUT2D eigenvalue weighted by Crippen LogP contribution is -2.49. The van der Waals surface area contributed by atoms with Crippen molar-refractivity contribution in [1.29, 1.82) is 0 Å². The maximum absolute atomic E-state index is 11.9. The van der Waals surface area contributed by atoms with Crippen molar-refractivity contribution in [2.45, 2.75) is 25.9 Å². The summed E-state index contributed by atoms with van der Waals surface area (Å²) >= 11 is 0. The minimum absolute atomic E-state index is 0.00412. The van der Waals surface area contributed by atoms with E-state index in [0.717, 1.165) is 5.56 Å².